The second kappa shape index (κ2) is 5.46. The molecule has 0 saturated carbocycles. The molecule has 1 unspecified atom stereocenters. The lowest BCUT2D eigenvalue weighted by atomic mass is 10.1. The zero-order valence-corrected chi connectivity index (χ0v) is 9.93. The van der Waals surface area contributed by atoms with Crippen molar-refractivity contribution in [2.75, 3.05) is 0 Å². The number of aromatic nitrogens is 2. The van der Waals surface area contributed by atoms with Crippen LogP contribution in [0, 0.1) is 11.3 Å². The quantitative estimate of drug-likeness (QED) is 0.852. The van der Waals surface area contributed by atoms with E-state index in [2.05, 4.69) is 23.3 Å². The predicted octanol–water partition coefficient (Wildman–Crippen LogP) is 2.12. The summed E-state index contributed by atoms with van der Waals surface area (Å²) < 4.78 is 2.00. The molecule has 0 fully saturated rings. The summed E-state index contributed by atoms with van der Waals surface area (Å²) in [6.45, 7) is 2.79. The van der Waals surface area contributed by atoms with Crippen molar-refractivity contribution in [2.45, 2.75) is 32.4 Å². The largest absolute Gasteiger partial charge is 0.307 e. The molecule has 88 valence electrons. The Balaban J connectivity index is 2.01. The van der Waals surface area contributed by atoms with E-state index in [0.717, 1.165) is 17.8 Å². The molecule has 0 aliphatic heterocycles. The highest BCUT2D eigenvalue weighted by atomic mass is 15.0. The van der Waals surface area contributed by atoms with E-state index in [-0.39, 0.29) is 6.04 Å². The molecule has 1 atom stereocenters. The molecule has 0 spiro atoms. The first kappa shape index (κ1) is 11.6. The summed E-state index contributed by atoms with van der Waals surface area (Å²) in [5.74, 6) is 0. The molecule has 4 nitrogen and oxygen atoms in total. The monoisotopic (exact) mass is 228 g/mol. The fourth-order valence-corrected chi connectivity index (χ4v) is 1.79. The number of rotatable bonds is 5. The summed E-state index contributed by atoms with van der Waals surface area (Å²) in [5.41, 5.74) is 1.96. The van der Waals surface area contributed by atoms with Gasteiger partial charge in [-0.25, -0.2) is 4.98 Å². The number of pyridine rings is 1. The summed E-state index contributed by atoms with van der Waals surface area (Å²) in [6, 6.07) is 8.39. The minimum absolute atomic E-state index is 0.254. The van der Waals surface area contributed by atoms with Gasteiger partial charge in [0.1, 0.15) is 5.65 Å². The Kier molecular flexibility index (Phi) is 3.73. The summed E-state index contributed by atoms with van der Waals surface area (Å²) >= 11 is 0. The van der Waals surface area contributed by atoms with Crippen molar-refractivity contribution in [3.05, 3.63) is 36.3 Å². The van der Waals surface area contributed by atoms with Gasteiger partial charge in [-0.3, -0.25) is 0 Å². The first-order valence-electron chi connectivity index (χ1n) is 5.86. The van der Waals surface area contributed by atoms with E-state index < -0.39 is 0 Å². The van der Waals surface area contributed by atoms with Crippen molar-refractivity contribution >= 4 is 5.65 Å². The number of nitrogens with one attached hydrogen (secondary N) is 1. The second-order valence-electron chi connectivity index (χ2n) is 4.05. The molecular weight excluding hydrogens is 212 g/mol. The van der Waals surface area contributed by atoms with E-state index in [1.807, 2.05) is 35.0 Å². The number of nitriles is 1. The van der Waals surface area contributed by atoms with Gasteiger partial charge in [0.15, 0.2) is 0 Å². The minimum atomic E-state index is 0.254. The lowest BCUT2D eigenvalue weighted by molar-refractivity contribution is 0.501. The third-order valence-electron chi connectivity index (χ3n) is 2.82. The van der Waals surface area contributed by atoms with Crippen molar-refractivity contribution in [1.82, 2.24) is 14.7 Å². The van der Waals surface area contributed by atoms with Crippen molar-refractivity contribution < 1.29 is 0 Å². The molecule has 1 N–H and O–H groups in total. The van der Waals surface area contributed by atoms with Crippen LogP contribution in [0.5, 0.6) is 0 Å². The maximum absolute atomic E-state index is 8.67. The molecule has 0 bridgehead atoms. The van der Waals surface area contributed by atoms with Gasteiger partial charge in [0.2, 0.25) is 0 Å². The standard InChI is InChI=1S/C13H16N4/c1-2-11(6-7-14)15-9-12-10-17-8-4-3-5-13(17)16-12/h3-5,8,10-11,15H,2,6,9H2,1H3. The molecule has 4 heteroatoms. The molecule has 2 rings (SSSR count). The SMILES string of the molecule is CCC(CC#N)NCc1cn2ccccc2n1. The minimum Gasteiger partial charge on any atom is -0.307 e. The molecule has 0 aromatic carbocycles. The van der Waals surface area contributed by atoms with Gasteiger partial charge >= 0.3 is 0 Å². The van der Waals surface area contributed by atoms with Crippen LogP contribution in [-0.4, -0.2) is 15.4 Å². The highest BCUT2D eigenvalue weighted by molar-refractivity contribution is 5.39. The van der Waals surface area contributed by atoms with Crippen LogP contribution in [0.3, 0.4) is 0 Å². The highest BCUT2D eigenvalue weighted by Gasteiger charge is 2.06. The fourth-order valence-electron chi connectivity index (χ4n) is 1.79. The Morgan fingerprint density at radius 1 is 1.53 bits per heavy atom. The Morgan fingerprint density at radius 3 is 3.12 bits per heavy atom. The van der Waals surface area contributed by atoms with Crippen molar-refractivity contribution in [2.24, 2.45) is 0 Å². The first-order chi connectivity index (χ1) is 8.33. The topological polar surface area (TPSA) is 53.1 Å². The van der Waals surface area contributed by atoms with E-state index >= 15 is 0 Å². The smallest absolute Gasteiger partial charge is 0.137 e. The van der Waals surface area contributed by atoms with Crippen molar-refractivity contribution in [3.8, 4) is 6.07 Å². The Bertz CT molecular complexity index is 490. The molecule has 0 radical (unpaired) electrons. The number of fused-ring (bicyclic) bond motifs is 1. The van der Waals surface area contributed by atoms with Crippen molar-refractivity contribution in [3.63, 3.8) is 0 Å². The molecule has 2 aromatic rings. The summed E-state index contributed by atoms with van der Waals surface area (Å²) in [7, 11) is 0. The molecule has 0 aliphatic rings. The van der Waals surface area contributed by atoms with E-state index in [0.29, 0.717) is 13.0 Å². The first-order valence-corrected chi connectivity index (χ1v) is 5.86. The van der Waals surface area contributed by atoms with E-state index in [9.17, 15) is 0 Å². The van der Waals surface area contributed by atoms with Gasteiger partial charge < -0.3 is 9.72 Å². The maximum atomic E-state index is 8.67. The van der Waals surface area contributed by atoms with Gasteiger partial charge in [0.05, 0.1) is 18.2 Å². The summed E-state index contributed by atoms with van der Waals surface area (Å²) in [5, 5.41) is 12.0. The molecule has 0 amide bonds. The van der Waals surface area contributed by atoms with Gasteiger partial charge in [-0.2, -0.15) is 5.26 Å². The average molecular weight is 228 g/mol. The third kappa shape index (κ3) is 2.83. The average Bonchev–Trinajstić information content (AvgIpc) is 2.77. The van der Waals surface area contributed by atoms with E-state index in [4.69, 9.17) is 5.26 Å². The second-order valence-corrected chi connectivity index (χ2v) is 4.05. The zero-order chi connectivity index (χ0) is 12.1. The van der Waals surface area contributed by atoms with Crippen LogP contribution in [0.15, 0.2) is 30.6 Å². The zero-order valence-electron chi connectivity index (χ0n) is 9.93. The summed E-state index contributed by atoms with van der Waals surface area (Å²) in [6.07, 6.45) is 5.50. The van der Waals surface area contributed by atoms with Gasteiger partial charge in [0, 0.05) is 25.0 Å². The van der Waals surface area contributed by atoms with Crippen LogP contribution in [0.1, 0.15) is 25.5 Å². The van der Waals surface area contributed by atoms with Crippen LogP contribution in [0.4, 0.5) is 0 Å². The lowest BCUT2D eigenvalue weighted by Gasteiger charge is -2.11. The fraction of sp³-hybridized carbons (Fsp3) is 0.385. The Hall–Kier alpha value is -1.86. The predicted molar refractivity (Wildman–Crippen MR) is 66.3 cm³/mol. The molecular formula is C13H16N4. The molecule has 0 saturated heterocycles. The Morgan fingerprint density at radius 2 is 2.41 bits per heavy atom. The number of hydrogen-bond donors (Lipinski definition) is 1. The van der Waals surface area contributed by atoms with E-state index in [1.165, 1.54) is 0 Å². The molecule has 0 aliphatic carbocycles. The number of hydrogen-bond acceptors (Lipinski definition) is 3. The van der Waals surface area contributed by atoms with E-state index in [1.54, 1.807) is 0 Å². The lowest BCUT2D eigenvalue weighted by Crippen LogP contribution is -2.27. The van der Waals surface area contributed by atoms with Gasteiger partial charge in [-0.05, 0) is 18.6 Å². The van der Waals surface area contributed by atoms with Crippen molar-refractivity contribution in [1.29, 1.82) is 5.26 Å². The normalized spacial score (nSPS) is 12.5. The van der Waals surface area contributed by atoms with Crippen LogP contribution in [0.2, 0.25) is 0 Å². The van der Waals surface area contributed by atoms with Crippen LogP contribution < -0.4 is 5.32 Å². The van der Waals surface area contributed by atoms with Crippen LogP contribution in [0.25, 0.3) is 5.65 Å². The third-order valence-corrected chi connectivity index (χ3v) is 2.82. The summed E-state index contributed by atoms with van der Waals surface area (Å²) in [4.78, 5) is 4.50. The van der Waals surface area contributed by atoms with Crippen LogP contribution in [-0.2, 0) is 6.54 Å². The maximum Gasteiger partial charge on any atom is 0.137 e. The molecule has 17 heavy (non-hydrogen) atoms. The van der Waals surface area contributed by atoms with Gasteiger partial charge in [-0.1, -0.05) is 13.0 Å². The molecule has 2 aromatic heterocycles. The number of imidazole rings is 1. The van der Waals surface area contributed by atoms with Gasteiger partial charge in [0.25, 0.3) is 0 Å². The Labute approximate surface area is 101 Å². The van der Waals surface area contributed by atoms with Crippen LogP contribution >= 0.6 is 0 Å². The highest BCUT2D eigenvalue weighted by Crippen LogP contribution is 2.05. The molecule has 2 heterocycles. The number of nitrogens with zero attached hydrogens (tertiary/aromatic N) is 3. The van der Waals surface area contributed by atoms with Gasteiger partial charge in [-0.15, -0.1) is 0 Å².